The number of rotatable bonds is 9. The molecule has 3 heterocycles. The molecule has 0 saturated carbocycles. The van der Waals surface area contributed by atoms with E-state index in [2.05, 4.69) is 47.8 Å². The Hall–Kier alpha value is -4.17. The number of pyridine rings is 1. The summed E-state index contributed by atoms with van der Waals surface area (Å²) in [6.45, 7) is 9.25. The molecule has 1 aliphatic heterocycles. The van der Waals surface area contributed by atoms with Crippen LogP contribution >= 0.6 is 0 Å². The highest BCUT2D eigenvalue weighted by Gasteiger charge is 2.22. The molecule has 3 N–H and O–H groups in total. The van der Waals surface area contributed by atoms with Gasteiger partial charge in [0.1, 0.15) is 11.6 Å². The first-order valence-corrected chi connectivity index (χ1v) is 14.4. The van der Waals surface area contributed by atoms with Gasteiger partial charge in [-0.3, -0.25) is 10.3 Å². The standard InChI is InChI=1S/C33H40N6O2/c1-33(2,3)30-22-31(37-32(40)36-27-8-6-25(7-9-27)21-26-5-4-17-35-23-26)39(38-30)28-10-12-29(13-11-28)41-20-16-24-14-18-34-19-15-24/h4-13,17,22-24,34H,14-16,18-21H2,1-3H3,(H2,36,37,40). The molecular formula is C33H40N6O2. The molecule has 0 aliphatic carbocycles. The van der Waals surface area contributed by atoms with Crippen molar-refractivity contribution in [3.05, 3.63) is 95.9 Å². The van der Waals surface area contributed by atoms with Crippen molar-refractivity contribution in [2.75, 3.05) is 30.3 Å². The Labute approximate surface area is 242 Å². The Bertz CT molecular complexity index is 1400. The summed E-state index contributed by atoms with van der Waals surface area (Å²) in [4.78, 5) is 17.2. The maximum atomic E-state index is 13.0. The van der Waals surface area contributed by atoms with Crippen molar-refractivity contribution in [3.8, 4) is 11.4 Å². The van der Waals surface area contributed by atoms with Gasteiger partial charge in [0.25, 0.3) is 0 Å². The van der Waals surface area contributed by atoms with E-state index in [-0.39, 0.29) is 11.4 Å². The van der Waals surface area contributed by atoms with Gasteiger partial charge in [-0.25, -0.2) is 9.48 Å². The van der Waals surface area contributed by atoms with Crippen molar-refractivity contribution < 1.29 is 9.53 Å². The number of piperidine rings is 1. The van der Waals surface area contributed by atoms with E-state index < -0.39 is 0 Å². The van der Waals surface area contributed by atoms with Crippen LogP contribution in [0, 0.1) is 5.92 Å². The van der Waals surface area contributed by atoms with Crippen LogP contribution in [0.15, 0.2) is 79.1 Å². The fraction of sp³-hybridized carbons (Fsp3) is 0.364. The predicted octanol–water partition coefficient (Wildman–Crippen LogP) is 6.57. The Morgan fingerprint density at radius 2 is 1.76 bits per heavy atom. The number of anilines is 2. The van der Waals surface area contributed by atoms with E-state index in [1.54, 1.807) is 10.9 Å². The third-order valence-electron chi connectivity index (χ3n) is 7.40. The van der Waals surface area contributed by atoms with Gasteiger partial charge in [0.2, 0.25) is 0 Å². The summed E-state index contributed by atoms with van der Waals surface area (Å²) in [6, 6.07) is 21.3. The monoisotopic (exact) mass is 552 g/mol. The summed E-state index contributed by atoms with van der Waals surface area (Å²) in [7, 11) is 0. The number of aromatic nitrogens is 3. The lowest BCUT2D eigenvalue weighted by molar-refractivity contribution is 0.252. The molecule has 2 amide bonds. The van der Waals surface area contributed by atoms with Gasteiger partial charge >= 0.3 is 6.03 Å². The van der Waals surface area contributed by atoms with Crippen LogP contribution in [0.5, 0.6) is 5.75 Å². The van der Waals surface area contributed by atoms with Crippen LogP contribution in [0.4, 0.5) is 16.3 Å². The zero-order valence-electron chi connectivity index (χ0n) is 24.2. The smallest absolute Gasteiger partial charge is 0.324 e. The largest absolute Gasteiger partial charge is 0.494 e. The van der Waals surface area contributed by atoms with Gasteiger partial charge in [-0.05, 0) is 98.3 Å². The van der Waals surface area contributed by atoms with E-state index in [0.29, 0.717) is 11.5 Å². The molecule has 214 valence electrons. The first kappa shape index (κ1) is 28.4. The van der Waals surface area contributed by atoms with Crippen LogP contribution in [-0.4, -0.2) is 40.5 Å². The van der Waals surface area contributed by atoms with Crippen molar-refractivity contribution >= 4 is 17.5 Å². The molecule has 8 heteroatoms. The average molecular weight is 553 g/mol. The molecule has 0 radical (unpaired) electrons. The number of carbonyl (C=O) groups is 1. The topological polar surface area (TPSA) is 93.1 Å². The Morgan fingerprint density at radius 3 is 2.44 bits per heavy atom. The maximum Gasteiger partial charge on any atom is 0.324 e. The van der Waals surface area contributed by atoms with Crippen LogP contribution in [0.2, 0.25) is 0 Å². The van der Waals surface area contributed by atoms with Gasteiger partial charge < -0.3 is 15.4 Å². The van der Waals surface area contributed by atoms with E-state index in [0.717, 1.165) is 66.7 Å². The second-order valence-electron chi connectivity index (χ2n) is 11.7. The van der Waals surface area contributed by atoms with E-state index in [4.69, 9.17) is 9.84 Å². The molecule has 2 aromatic heterocycles. The lowest BCUT2D eigenvalue weighted by atomic mass is 9.92. The number of urea groups is 1. The minimum Gasteiger partial charge on any atom is -0.494 e. The van der Waals surface area contributed by atoms with Crippen molar-refractivity contribution in [2.45, 2.75) is 51.9 Å². The van der Waals surface area contributed by atoms with Gasteiger partial charge in [0.05, 0.1) is 18.0 Å². The molecule has 41 heavy (non-hydrogen) atoms. The van der Waals surface area contributed by atoms with E-state index >= 15 is 0 Å². The highest BCUT2D eigenvalue weighted by atomic mass is 16.5. The quantitative estimate of drug-likeness (QED) is 0.218. The molecular weight excluding hydrogens is 512 g/mol. The fourth-order valence-electron chi connectivity index (χ4n) is 4.95. The molecule has 8 nitrogen and oxygen atoms in total. The highest BCUT2D eigenvalue weighted by molar-refractivity contribution is 5.99. The zero-order chi connectivity index (χ0) is 28.7. The lowest BCUT2D eigenvalue weighted by Crippen LogP contribution is -2.28. The van der Waals surface area contributed by atoms with Crippen molar-refractivity contribution in [3.63, 3.8) is 0 Å². The number of nitrogens with one attached hydrogen (secondary N) is 3. The number of hydrogen-bond donors (Lipinski definition) is 3. The molecule has 0 spiro atoms. The molecule has 4 aromatic rings. The summed E-state index contributed by atoms with van der Waals surface area (Å²) in [6.07, 6.45) is 7.94. The van der Waals surface area contributed by atoms with Gasteiger partial charge in [0.15, 0.2) is 0 Å². The summed E-state index contributed by atoms with van der Waals surface area (Å²) in [5, 5.41) is 14.2. The van der Waals surface area contributed by atoms with Crippen molar-refractivity contribution in [2.24, 2.45) is 5.92 Å². The molecule has 1 saturated heterocycles. The minimum atomic E-state index is -0.329. The molecule has 1 fully saturated rings. The average Bonchev–Trinajstić information content (AvgIpc) is 3.40. The third-order valence-corrected chi connectivity index (χ3v) is 7.40. The Balaban J connectivity index is 1.23. The Kier molecular flexibility index (Phi) is 8.99. The minimum absolute atomic E-state index is 0.181. The predicted molar refractivity (Wildman–Crippen MR) is 164 cm³/mol. The maximum absolute atomic E-state index is 13.0. The van der Waals surface area contributed by atoms with Gasteiger partial charge in [-0.15, -0.1) is 0 Å². The highest BCUT2D eigenvalue weighted by Crippen LogP contribution is 2.27. The van der Waals surface area contributed by atoms with E-state index in [1.807, 2.05) is 66.9 Å². The molecule has 2 aromatic carbocycles. The summed E-state index contributed by atoms with van der Waals surface area (Å²) in [5.74, 6) is 2.17. The molecule has 0 bridgehead atoms. The van der Waals surface area contributed by atoms with Gasteiger partial charge in [0, 0.05) is 29.6 Å². The number of hydrogen-bond acceptors (Lipinski definition) is 5. The third kappa shape index (κ3) is 7.95. The summed E-state index contributed by atoms with van der Waals surface area (Å²) < 4.78 is 7.80. The van der Waals surface area contributed by atoms with Crippen molar-refractivity contribution in [1.29, 1.82) is 0 Å². The lowest BCUT2D eigenvalue weighted by Gasteiger charge is -2.22. The van der Waals surface area contributed by atoms with E-state index in [1.165, 1.54) is 12.8 Å². The number of nitrogens with zero attached hydrogens (tertiary/aromatic N) is 3. The van der Waals surface area contributed by atoms with Crippen molar-refractivity contribution in [1.82, 2.24) is 20.1 Å². The SMILES string of the molecule is CC(C)(C)c1cc(NC(=O)Nc2ccc(Cc3cccnc3)cc2)n(-c2ccc(OCCC3CCNCC3)cc2)n1. The number of carbonyl (C=O) groups excluding carboxylic acids is 1. The normalized spacial score (nSPS) is 14.0. The zero-order valence-corrected chi connectivity index (χ0v) is 24.2. The first-order chi connectivity index (χ1) is 19.8. The van der Waals surface area contributed by atoms with Crippen LogP contribution in [-0.2, 0) is 11.8 Å². The second kappa shape index (κ2) is 13.0. The first-order valence-electron chi connectivity index (χ1n) is 14.4. The number of benzene rings is 2. The molecule has 1 aliphatic rings. The Morgan fingerprint density at radius 1 is 1.00 bits per heavy atom. The van der Waals surface area contributed by atoms with E-state index in [9.17, 15) is 4.79 Å². The second-order valence-corrected chi connectivity index (χ2v) is 11.7. The van der Waals surface area contributed by atoms with Gasteiger partial charge in [-0.2, -0.15) is 5.10 Å². The fourth-order valence-corrected chi connectivity index (χ4v) is 4.95. The van der Waals surface area contributed by atoms with Crippen LogP contribution < -0.4 is 20.7 Å². The van der Waals surface area contributed by atoms with Crippen LogP contribution in [0.25, 0.3) is 5.69 Å². The summed E-state index contributed by atoms with van der Waals surface area (Å²) in [5.41, 5.74) is 4.56. The number of amides is 2. The summed E-state index contributed by atoms with van der Waals surface area (Å²) >= 11 is 0. The molecule has 0 atom stereocenters. The molecule has 0 unspecified atom stereocenters. The number of ether oxygens (including phenoxy) is 1. The van der Waals surface area contributed by atoms with Gasteiger partial charge in [-0.1, -0.05) is 39.0 Å². The van der Waals surface area contributed by atoms with Crippen LogP contribution in [0.1, 0.15) is 56.9 Å². The molecule has 5 rings (SSSR count). The van der Waals surface area contributed by atoms with Crippen LogP contribution in [0.3, 0.4) is 0 Å².